The van der Waals surface area contributed by atoms with Gasteiger partial charge in [0.15, 0.2) is 5.96 Å². The van der Waals surface area contributed by atoms with Crippen molar-refractivity contribution >= 4 is 35.6 Å². The molecule has 0 aliphatic heterocycles. The number of rotatable bonds is 7. The molecule has 0 unspecified atom stereocenters. The van der Waals surface area contributed by atoms with Crippen molar-refractivity contribution in [2.75, 3.05) is 25.6 Å². The van der Waals surface area contributed by atoms with E-state index < -0.39 is 0 Å². The summed E-state index contributed by atoms with van der Waals surface area (Å²) >= 11 is 0. The number of halogens is 1. The molecule has 0 aromatic heterocycles. The van der Waals surface area contributed by atoms with Crippen LogP contribution in [0.5, 0.6) is 11.5 Å². The Kier molecular flexibility index (Phi) is 8.99. The highest BCUT2D eigenvalue weighted by molar-refractivity contribution is 14.0. The van der Waals surface area contributed by atoms with E-state index >= 15 is 0 Å². The van der Waals surface area contributed by atoms with E-state index in [0.29, 0.717) is 19.1 Å². The molecule has 0 heterocycles. The Morgan fingerprint density at radius 1 is 1.12 bits per heavy atom. The highest BCUT2D eigenvalue weighted by Crippen LogP contribution is 2.18. The van der Waals surface area contributed by atoms with Crippen molar-refractivity contribution in [1.29, 1.82) is 0 Å². The Morgan fingerprint density at radius 2 is 1.88 bits per heavy atom. The van der Waals surface area contributed by atoms with Gasteiger partial charge in [-0.3, -0.25) is 4.99 Å². The molecular weight excluding hydrogens is 417 g/mol. The maximum absolute atomic E-state index is 5.87. The molecule has 2 rings (SSSR count). The van der Waals surface area contributed by atoms with Crippen molar-refractivity contribution in [3.63, 3.8) is 0 Å². The molecule has 0 saturated heterocycles. The molecule has 2 aromatic rings. The molecule has 6 heteroatoms. The lowest BCUT2D eigenvalue weighted by Gasteiger charge is -2.08. The van der Waals surface area contributed by atoms with Gasteiger partial charge in [-0.05, 0) is 36.8 Å². The molecule has 0 amide bonds. The van der Waals surface area contributed by atoms with Crippen LogP contribution in [0.15, 0.2) is 53.5 Å². The second-order valence-electron chi connectivity index (χ2n) is 5.14. The minimum absolute atomic E-state index is 0. The third-order valence-electron chi connectivity index (χ3n) is 3.19. The Labute approximate surface area is 160 Å². The molecule has 5 nitrogen and oxygen atoms in total. The average molecular weight is 441 g/mol. The van der Waals surface area contributed by atoms with Gasteiger partial charge in [0.1, 0.15) is 11.5 Å². The number of anilines is 1. The molecule has 130 valence electrons. The van der Waals surface area contributed by atoms with E-state index in [1.54, 1.807) is 7.11 Å². The lowest BCUT2D eigenvalue weighted by Crippen LogP contribution is -2.23. The number of hydrogen-bond acceptors (Lipinski definition) is 3. The summed E-state index contributed by atoms with van der Waals surface area (Å²) in [6, 6.07) is 15.5. The minimum atomic E-state index is 0. The first-order valence-electron chi connectivity index (χ1n) is 7.58. The molecule has 0 bridgehead atoms. The number of methoxy groups -OCH3 is 1. The summed E-state index contributed by atoms with van der Waals surface area (Å²) in [7, 11) is 1.64. The zero-order valence-electron chi connectivity index (χ0n) is 14.0. The standard InChI is InChI=1S/C18H23N3O2.HI/c1-14-6-3-7-15(12-14)21-18(19)20-10-5-11-23-17-9-4-8-16(13-17)22-2;/h3-4,6-9,12-13H,5,10-11H2,1-2H3,(H3,19,20,21);1H. The molecular formula is C18H24IN3O2. The van der Waals surface area contributed by atoms with Crippen LogP contribution in [0.25, 0.3) is 0 Å². The van der Waals surface area contributed by atoms with E-state index in [1.807, 2.05) is 55.5 Å². The monoisotopic (exact) mass is 441 g/mol. The first kappa shape index (κ1) is 20.1. The topological polar surface area (TPSA) is 68.9 Å². The second kappa shape index (κ2) is 10.7. The number of guanidine groups is 1. The van der Waals surface area contributed by atoms with Gasteiger partial charge in [-0.2, -0.15) is 0 Å². The molecule has 2 aromatic carbocycles. The normalized spacial score (nSPS) is 10.7. The van der Waals surface area contributed by atoms with E-state index in [2.05, 4.69) is 10.3 Å². The number of nitrogens with two attached hydrogens (primary N) is 1. The summed E-state index contributed by atoms with van der Waals surface area (Å²) in [6.07, 6.45) is 0.785. The molecule has 0 saturated carbocycles. The third-order valence-corrected chi connectivity index (χ3v) is 3.19. The second-order valence-corrected chi connectivity index (χ2v) is 5.14. The van der Waals surface area contributed by atoms with Crippen molar-refractivity contribution in [3.8, 4) is 11.5 Å². The maximum atomic E-state index is 5.87. The minimum Gasteiger partial charge on any atom is -0.497 e. The molecule has 3 N–H and O–H groups in total. The largest absolute Gasteiger partial charge is 0.497 e. The quantitative estimate of drug-likeness (QED) is 0.297. The van der Waals surface area contributed by atoms with E-state index in [9.17, 15) is 0 Å². The van der Waals surface area contributed by atoms with Crippen LogP contribution in [-0.2, 0) is 0 Å². The molecule has 24 heavy (non-hydrogen) atoms. The average Bonchev–Trinajstić information content (AvgIpc) is 2.55. The van der Waals surface area contributed by atoms with Crippen LogP contribution in [0.1, 0.15) is 12.0 Å². The Bertz CT molecular complexity index is 662. The summed E-state index contributed by atoms with van der Waals surface area (Å²) in [5.41, 5.74) is 7.99. The molecule has 0 atom stereocenters. The molecule has 0 fully saturated rings. The lowest BCUT2D eigenvalue weighted by molar-refractivity contribution is 0.311. The van der Waals surface area contributed by atoms with Gasteiger partial charge in [-0.1, -0.05) is 18.2 Å². The SMILES string of the molecule is COc1cccc(OCCCN=C(N)Nc2cccc(C)c2)c1.I. The van der Waals surface area contributed by atoms with Crippen LogP contribution >= 0.6 is 24.0 Å². The number of hydrogen-bond donors (Lipinski definition) is 2. The first-order valence-corrected chi connectivity index (χ1v) is 7.58. The van der Waals surface area contributed by atoms with E-state index in [4.69, 9.17) is 15.2 Å². The van der Waals surface area contributed by atoms with Gasteiger partial charge in [0, 0.05) is 24.7 Å². The number of aryl methyl sites for hydroxylation is 1. The maximum Gasteiger partial charge on any atom is 0.193 e. The van der Waals surface area contributed by atoms with Crippen LogP contribution in [0.2, 0.25) is 0 Å². The summed E-state index contributed by atoms with van der Waals surface area (Å²) in [5.74, 6) is 1.99. The van der Waals surface area contributed by atoms with Crippen molar-refractivity contribution in [1.82, 2.24) is 0 Å². The van der Waals surface area contributed by atoms with Crippen LogP contribution < -0.4 is 20.5 Å². The van der Waals surface area contributed by atoms with Crippen molar-refractivity contribution < 1.29 is 9.47 Å². The molecule has 0 aliphatic carbocycles. The molecule has 0 aliphatic rings. The zero-order chi connectivity index (χ0) is 16.5. The van der Waals surface area contributed by atoms with Gasteiger partial charge in [0.2, 0.25) is 0 Å². The first-order chi connectivity index (χ1) is 11.2. The van der Waals surface area contributed by atoms with Crippen LogP contribution in [0.3, 0.4) is 0 Å². The van der Waals surface area contributed by atoms with Gasteiger partial charge in [0.25, 0.3) is 0 Å². The fourth-order valence-electron chi connectivity index (χ4n) is 2.06. The Morgan fingerprint density at radius 3 is 2.62 bits per heavy atom. The molecule has 0 radical (unpaired) electrons. The third kappa shape index (κ3) is 7.08. The number of nitrogens with zero attached hydrogens (tertiary/aromatic N) is 1. The van der Waals surface area contributed by atoms with Gasteiger partial charge in [-0.25, -0.2) is 0 Å². The van der Waals surface area contributed by atoms with Gasteiger partial charge >= 0.3 is 0 Å². The van der Waals surface area contributed by atoms with Crippen LogP contribution in [0, 0.1) is 6.92 Å². The van der Waals surface area contributed by atoms with Crippen LogP contribution in [0.4, 0.5) is 5.69 Å². The van der Waals surface area contributed by atoms with Crippen molar-refractivity contribution in [2.24, 2.45) is 10.7 Å². The highest BCUT2D eigenvalue weighted by atomic mass is 127. The van der Waals surface area contributed by atoms with Crippen molar-refractivity contribution in [2.45, 2.75) is 13.3 Å². The number of ether oxygens (including phenoxy) is 2. The smallest absolute Gasteiger partial charge is 0.193 e. The lowest BCUT2D eigenvalue weighted by atomic mass is 10.2. The highest BCUT2D eigenvalue weighted by Gasteiger charge is 1.97. The van der Waals surface area contributed by atoms with Gasteiger partial charge < -0.3 is 20.5 Å². The predicted octanol–water partition coefficient (Wildman–Crippen LogP) is 3.82. The fourth-order valence-corrected chi connectivity index (χ4v) is 2.06. The molecule has 0 spiro atoms. The fraction of sp³-hybridized carbons (Fsp3) is 0.278. The number of aliphatic imine (C=N–C) groups is 1. The summed E-state index contributed by atoms with van der Waals surface area (Å²) in [6.45, 7) is 3.22. The van der Waals surface area contributed by atoms with E-state index in [-0.39, 0.29) is 24.0 Å². The van der Waals surface area contributed by atoms with Gasteiger partial charge in [0.05, 0.1) is 13.7 Å². The summed E-state index contributed by atoms with van der Waals surface area (Å²) in [5, 5.41) is 3.08. The zero-order valence-corrected chi connectivity index (χ0v) is 16.3. The Balaban J connectivity index is 0.00000288. The summed E-state index contributed by atoms with van der Waals surface area (Å²) in [4.78, 5) is 4.29. The van der Waals surface area contributed by atoms with E-state index in [1.165, 1.54) is 5.56 Å². The number of benzene rings is 2. The van der Waals surface area contributed by atoms with Crippen LogP contribution in [-0.4, -0.2) is 26.2 Å². The Hall–Kier alpha value is -1.96. The van der Waals surface area contributed by atoms with Crippen molar-refractivity contribution in [3.05, 3.63) is 54.1 Å². The summed E-state index contributed by atoms with van der Waals surface area (Å²) < 4.78 is 10.8. The number of nitrogens with one attached hydrogen (secondary N) is 1. The van der Waals surface area contributed by atoms with E-state index in [0.717, 1.165) is 23.6 Å². The predicted molar refractivity (Wildman–Crippen MR) is 110 cm³/mol. The van der Waals surface area contributed by atoms with Gasteiger partial charge in [-0.15, -0.1) is 24.0 Å².